The topological polar surface area (TPSA) is 33.0 Å². The molecule has 0 aromatic heterocycles. The Hall–Kier alpha value is -3.62. The number of methoxy groups -OCH3 is 1. The van der Waals surface area contributed by atoms with E-state index in [0.29, 0.717) is 22.9 Å². The van der Waals surface area contributed by atoms with Crippen LogP contribution in [0.4, 0.5) is 13.2 Å². The molecule has 4 aromatic rings. The molecule has 0 spiro atoms. The summed E-state index contributed by atoms with van der Waals surface area (Å²) in [4.78, 5) is 0. The van der Waals surface area contributed by atoms with Gasteiger partial charge in [-0.25, -0.2) is 13.2 Å². The Morgan fingerprint density at radius 3 is 2.15 bits per heavy atom. The van der Waals surface area contributed by atoms with Gasteiger partial charge in [0.05, 0.1) is 0 Å². The molecule has 0 saturated heterocycles. The standard InChI is InChI=1S/C29H24F3NO/c1-34-14-2-3-19-4-7-21(8-5-19)23-12-13-25-24(17-23)11-10-22(29(25)32)9-6-20-15-27(30)26(18-33)28(31)16-20/h4-5,7-8,10-13,15-17H,2-3,6,9,14H2,1H3. The van der Waals surface area contributed by atoms with E-state index in [9.17, 15) is 8.78 Å². The fourth-order valence-electron chi connectivity index (χ4n) is 4.15. The van der Waals surface area contributed by atoms with E-state index in [0.717, 1.165) is 48.1 Å². The number of ether oxygens (including phenoxy) is 1. The van der Waals surface area contributed by atoms with Crippen molar-refractivity contribution in [2.75, 3.05) is 13.7 Å². The molecule has 0 aliphatic heterocycles. The fraction of sp³-hybridized carbons (Fsp3) is 0.207. The zero-order valence-corrected chi connectivity index (χ0v) is 18.9. The van der Waals surface area contributed by atoms with Crippen molar-refractivity contribution in [3.8, 4) is 17.2 Å². The number of benzene rings is 4. The van der Waals surface area contributed by atoms with Crippen molar-refractivity contribution < 1.29 is 17.9 Å². The summed E-state index contributed by atoms with van der Waals surface area (Å²) in [6.45, 7) is 0.737. The van der Waals surface area contributed by atoms with Gasteiger partial charge in [0.2, 0.25) is 0 Å². The summed E-state index contributed by atoms with van der Waals surface area (Å²) in [6.07, 6.45) is 2.49. The molecule has 0 saturated carbocycles. The first-order chi connectivity index (χ1) is 16.5. The smallest absolute Gasteiger partial charge is 0.144 e. The number of aryl methyl sites for hydroxylation is 3. The molecule has 0 bridgehead atoms. The average molecular weight is 460 g/mol. The predicted molar refractivity (Wildman–Crippen MR) is 128 cm³/mol. The molecule has 172 valence electrons. The highest BCUT2D eigenvalue weighted by molar-refractivity contribution is 5.88. The van der Waals surface area contributed by atoms with Crippen LogP contribution in [0.2, 0.25) is 0 Å². The van der Waals surface area contributed by atoms with Crippen LogP contribution in [-0.4, -0.2) is 13.7 Å². The van der Waals surface area contributed by atoms with Crippen LogP contribution in [0.1, 0.15) is 28.7 Å². The third-order valence-electron chi connectivity index (χ3n) is 6.03. The molecule has 0 heterocycles. The first-order valence-electron chi connectivity index (χ1n) is 11.2. The predicted octanol–water partition coefficient (Wildman–Crippen LogP) is 7.16. The van der Waals surface area contributed by atoms with Crippen LogP contribution in [0, 0.1) is 28.8 Å². The van der Waals surface area contributed by atoms with Gasteiger partial charge in [-0.2, -0.15) is 5.26 Å². The van der Waals surface area contributed by atoms with Crippen molar-refractivity contribution >= 4 is 10.8 Å². The van der Waals surface area contributed by atoms with Crippen molar-refractivity contribution in [1.29, 1.82) is 5.26 Å². The van der Waals surface area contributed by atoms with Crippen molar-refractivity contribution in [3.63, 3.8) is 0 Å². The van der Waals surface area contributed by atoms with Crippen LogP contribution in [0.15, 0.2) is 66.7 Å². The van der Waals surface area contributed by atoms with Gasteiger partial charge in [0.25, 0.3) is 0 Å². The van der Waals surface area contributed by atoms with Gasteiger partial charge < -0.3 is 4.74 Å². The minimum Gasteiger partial charge on any atom is -0.385 e. The summed E-state index contributed by atoms with van der Waals surface area (Å²) in [6, 6.07) is 21.4. The van der Waals surface area contributed by atoms with Gasteiger partial charge in [-0.3, -0.25) is 0 Å². The molecule has 0 amide bonds. The summed E-state index contributed by atoms with van der Waals surface area (Å²) in [5.41, 5.74) is 3.58. The van der Waals surface area contributed by atoms with E-state index in [4.69, 9.17) is 10.00 Å². The zero-order valence-electron chi connectivity index (χ0n) is 18.9. The van der Waals surface area contributed by atoms with Gasteiger partial charge in [-0.15, -0.1) is 0 Å². The molecule has 2 nitrogen and oxygen atoms in total. The normalized spacial score (nSPS) is 11.0. The summed E-state index contributed by atoms with van der Waals surface area (Å²) < 4.78 is 48.0. The molecule has 0 radical (unpaired) electrons. The van der Waals surface area contributed by atoms with Crippen molar-refractivity contribution in [3.05, 3.63) is 106 Å². The Labute approximate surface area is 197 Å². The number of hydrogen-bond donors (Lipinski definition) is 0. The number of nitriles is 1. The molecule has 4 rings (SSSR count). The molecule has 0 unspecified atom stereocenters. The molecular formula is C29H24F3NO. The van der Waals surface area contributed by atoms with Crippen LogP contribution < -0.4 is 0 Å². The second-order valence-corrected chi connectivity index (χ2v) is 8.31. The number of halogens is 3. The molecular weight excluding hydrogens is 435 g/mol. The minimum absolute atomic E-state index is 0.261. The van der Waals surface area contributed by atoms with Crippen LogP contribution in [0.3, 0.4) is 0 Å². The molecule has 0 fully saturated rings. The lowest BCUT2D eigenvalue weighted by Crippen LogP contribution is -1.99. The quantitative estimate of drug-likeness (QED) is 0.262. The van der Waals surface area contributed by atoms with Gasteiger partial charge in [0.15, 0.2) is 0 Å². The third kappa shape index (κ3) is 5.13. The molecule has 0 aliphatic rings. The Bertz CT molecular complexity index is 1330. The number of hydrogen-bond acceptors (Lipinski definition) is 2. The molecule has 0 aliphatic carbocycles. The lowest BCUT2D eigenvalue weighted by molar-refractivity contribution is 0.195. The van der Waals surface area contributed by atoms with E-state index in [1.807, 2.05) is 18.2 Å². The number of fused-ring (bicyclic) bond motifs is 1. The number of nitrogens with zero attached hydrogens (tertiary/aromatic N) is 1. The monoisotopic (exact) mass is 459 g/mol. The van der Waals surface area contributed by atoms with Crippen LogP contribution in [0.5, 0.6) is 0 Å². The van der Waals surface area contributed by atoms with Crippen molar-refractivity contribution in [2.24, 2.45) is 0 Å². The summed E-state index contributed by atoms with van der Waals surface area (Å²) >= 11 is 0. The molecule has 4 aromatic carbocycles. The highest BCUT2D eigenvalue weighted by Crippen LogP contribution is 2.28. The summed E-state index contributed by atoms with van der Waals surface area (Å²) in [5.74, 6) is -2.12. The number of rotatable bonds is 8. The summed E-state index contributed by atoms with van der Waals surface area (Å²) in [7, 11) is 1.70. The Morgan fingerprint density at radius 2 is 1.47 bits per heavy atom. The molecule has 34 heavy (non-hydrogen) atoms. The van der Waals surface area contributed by atoms with Crippen LogP contribution in [-0.2, 0) is 24.0 Å². The van der Waals surface area contributed by atoms with E-state index in [1.165, 1.54) is 11.6 Å². The first-order valence-corrected chi connectivity index (χ1v) is 11.2. The Morgan fingerprint density at radius 1 is 0.765 bits per heavy atom. The van der Waals surface area contributed by atoms with E-state index >= 15 is 4.39 Å². The van der Waals surface area contributed by atoms with E-state index in [-0.39, 0.29) is 12.2 Å². The SMILES string of the molecule is COCCCc1ccc(-c2ccc3c(F)c(CCc4cc(F)c(C#N)c(F)c4)ccc3c2)cc1. The molecule has 0 N–H and O–H groups in total. The molecule has 0 atom stereocenters. The second-order valence-electron chi connectivity index (χ2n) is 8.31. The van der Waals surface area contributed by atoms with Crippen molar-refractivity contribution in [1.82, 2.24) is 0 Å². The van der Waals surface area contributed by atoms with Crippen molar-refractivity contribution in [2.45, 2.75) is 25.7 Å². The van der Waals surface area contributed by atoms with Crippen LogP contribution in [0.25, 0.3) is 21.9 Å². The van der Waals surface area contributed by atoms with E-state index in [1.54, 1.807) is 19.2 Å². The van der Waals surface area contributed by atoms with E-state index in [2.05, 4.69) is 24.3 Å². The third-order valence-corrected chi connectivity index (χ3v) is 6.03. The van der Waals surface area contributed by atoms with Gasteiger partial charge in [0.1, 0.15) is 29.1 Å². The Balaban J connectivity index is 1.51. The van der Waals surface area contributed by atoms with Gasteiger partial charge in [0, 0.05) is 19.1 Å². The van der Waals surface area contributed by atoms with E-state index < -0.39 is 17.2 Å². The van der Waals surface area contributed by atoms with Gasteiger partial charge in [-0.1, -0.05) is 48.5 Å². The largest absolute Gasteiger partial charge is 0.385 e. The maximum Gasteiger partial charge on any atom is 0.144 e. The highest BCUT2D eigenvalue weighted by Gasteiger charge is 2.13. The Kier molecular flexibility index (Phi) is 7.30. The maximum atomic E-state index is 15.2. The van der Waals surface area contributed by atoms with Gasteiger partial charge >= 0.3 is 0 Å². The lowest BCUT2D eigenvalue weighted by Gasteiger charge is -2.10. The van der Waals surface area contributed by atoms with Crippen LogP contribution >= 0.6 is 0 Å². The fourth-order valence-corrected chi connectivity index (χ4v) is 4.15. The second kappa shape index (κ2) is 10.5. The first kappa shape index (κ1) is 23.5. The summed E-state index contributed by atoms with van der Waals surface area (Å²) in [5, 5.41) is 10.1. The zero-order chi connectivity index (χ0) is 24.1. The minimum atomic E-state index is -0.896. The molecule has 5 heteroatoms. The lowest BCUT2D eigenvalue weighted by atomic mass is 9.96. The van der Waals surface area contributed by atoms with Gasteiger partial charge in [-0.05, 0) is 77.1 Å². The average Bonchev–Trinajstić information content (AvgIpc) is 2.84. The maximum absolute atomic E-state index is 15.2. The highest BCUT2D eigenvalue weighted by atomic mass is 19.1.